The minimum Gasteiger partial charge on any atom is -0.274 e. The van der Waals surface area contributed by atoms with Crippen molar-refractivity contribution in [1.29, 1.82) is 0 Å². The van der Waals surface area contributed by atoms with E-state index in [1.807, 2.05) is 6.92 Å². The van der Waals surface area contributed by atoms with Crippen molar-refractivity contribution in [1.82, 2.24) is 0 Å². The molecule has 0 radical (unpaired) electrons. The van der Waals surface area contributed by atoms with Crippen molar-refractivity contribution in [3.8, 4) is 0 Å². The van der Waals surface area contributed by atoms with Gasteiger partial charge in [-0.3, -0.25) is 9.59 Å². The maximum atomic E-state index is 12.5. The zero-order valence-corrected chi connectivity index (χ0v) is 11.6. The van der Waals surface area contributed by atoms with Crippen LogP contribution in [0.15, 0.2) is 18.2 Å². The van der Waals surface area contributed by atoms with Gasteiger partial charge in [-0.2, -0.15) is 0 Å². The molecule has 100 valence electrons. The van der Waals surface area contributed by atoms with Gasteiger partial charge in [-0.15, -0.1) is 0 Å². The highest BCUT2D eigenvalue weighted by Crippen LogP contribution is 2.41. The molecule has 3 rings (SSSR count). The Hall–Kier alpha value is -1.35. The van der Waals surface area contributed by atoms with Crippen molar-refractivity contribution in [3.63, 3.8) is 0 Å². The van der Waals surface area contributed by atoms with E-state index in [2.05, 4.69) is 0 Å². The second-order valence-corrected chi connectivity index (χ2v) is 5.80. The molecule has 2 atom stereocenters. The van der Waals surface area contributed by atoms with Crippen LogP contribution >= 0.6 is 11.6 Å². The monoisotopic (exact) mass is 277 g/mol. The number of hydrogen-bond acceptors (Lipinski definition) is 2. The third-order valence-corrected chi connectivity index (χ3v) is 4.73. The van der Waals surface area contributed by atoms with E-state index in [0.29, 0.717) is 10.7 Å². The molecule has 4 heteroatoms. The summed E-state index contributed by atoms with van der Waals surface area (Å²) in [7, 11) is 0. The molecule has 2 amide bonds. The van der Waals surface area contributed by atoms with Crippen molar-refractivity contribution in [2.24, 2.45) is 11.8 Å². The molecular weight excluding hydrogens is 262 g/mol. The number of carbonyl (C=O) groups excluding carboxylic acids is 2. The SMILES string of the molecule is Cc1c(Cl)cccc1N1C(=O)[C@H]2CCCC[C@@H]2C1=O. The maximum Gasteiger partial charge on any atom is 0.237 e. The lowest BCUT2D eigenvalue weighted by Gasteiger charge is -2.19. The van der Waals surface area contributed by atoms with E-state index in [4.69, 9.17) is 11.6 Å². The average molecular weight is 278 g/mol. The maximum absolute atomic E-state index is 12.5. The summed E-state index contributed by atoms with van der Waals surface area (Å²) in [5, 5.41) is 0.591. The summed E-state index contributed by atoms with van der Waals surface area (Å²) in [6, 6.07) is 5.36. The van der Waals surface area contributed by atoms with Gasteiger partial charge in [-0.1, -0.05) is 30.5 Å². The van der Waals surface area contributed by atoms with Crippen LogP contribution in [0.2, 0.25) is 5.02 Å². The van der Waals surface area contributed by atoms with Gasteiger partial charge in [0.15, 0.2) is 0 Å². The lowest BCUT2D eigenvalue weighted by atomic mass is 9.81. The predicted octanol–water partition coefficient (Wildman–Crippen LogP) is 3.33. The van der Waals surface area contributed by atoms with E-state index in [-0.39, 0.29) is 23.7 Å². The molecule has 0 aromatic heterocycles. The van der Waals surface area contributed by atoms with Gasteiger partial charge in [-0.05, 0) is 37.5 Å². The molecule has 1 aliphatic heterocycles. The lowest BCUT2D eigenvalue weighted by Crippen LogP contribution is -2.31. The molecule has 1 heterocycles. The van der Waals surface area contributed by atoms with Gasteiger partial charge in [0.05, 0.1) is 17.5 Å². The number of amides is 2. The molecule has 3 nitrogen and oxygen atoms in total. The third kappa shape index (κ3) is 1.88. The lowest BCUT2D eigenvalue weighted by molar-refractivity contribution is -0.122. The molecule has 1 aliphatic carbocycles. The van der Waals surface area contributed by atoms with Gasteiger partial charge >= 0.3 is 0 Å². The van der Waals surface area contributed by atoms with Crippen molar-refractivity contribution >= 4 is 29.1 Å². The minimum atomic E-state index is -0.111. The Morgan fingerprint density at radius 2 is 1.68 bits per heavy atom. The van der Waals surface area contributed by atoms with Crippen LogP contribution in [-0.4, -0.2) is 11.8 Å². The van der Waals surface area contributed by atoms with Crippen LogP contribution in [0.25, 0.3) is 0 Å². The third-order valence-electron chi connectivity index (χ3n) is 4.32. The van der Waals surface area contributed by atoms with E-state index < -0.39 is 0 Å². The molecule has 1 saturated heterocycles. The highest BCUT2D eigenvalue weighted by molar-refractivity contribution is 6.32. The normalized spacial score (nSPS) is 26.7. The zero-order valence-electron chi connectivity index (χ0n) is 10.9. The molecule has 1 aromatic carbocycles. The fourth-order valence-electron chi connectivity index (χ4n) is 3.24. The highest BCUT2D eigenvalue weighted by atomic mass is 35.5. The van der Waals surface area contributed by atoms with E-state index in [9.17, 15) is 9.59 Å². The molecule has 0 unspecified atom stereocenters. The largest absolute Gasteiger partial charge is 0.274 e. The topological polar surface area (TPSA) is 37.4 Å². The number of imide groups is 1. The Kier molecular flexibility index (Phi) is 3.09. The molecule has 2 fully saturated rings. The van der Waals surface area contributed by atoms with Crippen molar-refractivity contribution in [2.45, 2.75) is 32.6 Å². The van der Waals surface area contributed by atoms with Gasteiger partial charge in [0.1, 0.15) is 0 Å². The summed E-state index contributed by atoms with van der Waals surface area (Å²) in [4.78, 5) is 26.3. The Morgan fingerprint density at radius 3 is 2.26 bits per heavy atom. The van der Waals surface area contributed by atoms with Gasteiger partial charge in [0, 0.05) is 5.02 Å². The standard InChI is InChI=1S/C15H16ClNO2/c1-9-12(16)7-4-8-13(9)17-14(18)10-5-2-3-6-11(10)15(17)19/h4,7-8,10-11H,2-3,5-6H2,1H3/t10-,11-/m0/s1. The average Bonchev–Trinajstić information content (AvgIpc) is 2.67. The first kappa shape index (κ1) is 12.7. The van der Waals surface area contributed by atoms with E-state index in [0.717, 1.165) is 31.2 Å². The van der Waals surface area contributed by atoms with Crippen molar-refractivity contribution in [3.05, 3.63) is 28.8 Å². The first-order valence-corrected chi connectivity index (χ1v) is 7.12. The summed E-state index contributed by atoms with van der Waals surface area (Å²) >= 11 is 6.09. The van der Waals surface area contributed by atoms with Crippen molar-refractivity contribution in [2.75, 3.05) is 4.90 Å². The molecule has 0 bridgehead atoms. The minimum absolute atomic E-state index is 0.0416. The van der Waals surface area contributed by atoms with Gasteiger partial charge in [0.2, 0.25) is 11.8 Å². The Morgan fingerprint density at radius 1 is 1.11 bits per heavy atom. The van der Waals surface area contributed by atoms with E-state index >= 15 is 0 Å². The summed E-state index contributed by atoms with van der Waals surface area (Å²) < 4.78 is 0. The summed E-state index contributed by atoms with van der Waals surface area (Å²) in [5.74, 6) is -0.306. The van der Waals surface area contributed by atoms with Gasteiger partial charge < -0.3 is 0 Å². The van der Waals surface area contributed by atoms with Crippen LogP contribution in [0, 0.1) is 18.8 Å². The summed E-state index contributed by atoms with van der Waals surface area (Å²) in [6.07, 6.45) is 3.77. The smallest absolute Gasteiger partial charge is 0.237 e. The van der Waals surface area contributed by atoms with E-state index in [1.54, 1.807) is 18.2 Å². The quantitative estimate of drug-likeness (QED) is 0.739. The number of carbonyl (C=O) groups is 2. The molecule has 1 aromatic rings. The van der Waals surface area contributed by atoms with Crippen LogP contribution in [0.5, 0.6) is 0 Å². The number of hydrogen-bond donors (Lipinski definition) is 0. The molecule has 0 spiro atoms. The molecular formula is C15H16ClNO2. The second kappa shape index (κ2) is 4.64. The molecule has 1 saturated carbocycles. The van der Waals surface area contributed by atoms with Crippen LogP contribution in [-0.2, 0) is 9.59 Å². The van der Waals surface area contributed by atoms with Gasteiger partial charge in [0.25, 0.3) is 0 Å². The second-order valence-electron chi connectivity index (χ2n) is 5.39. The first-order valence-electron chi connectivity index (χ1n) is 6.74. The summed E-state index contributed by atoms with van der Waals surface area (Å²) in [6.45, 7) is 1.85. The number of benzene rings is 1. The Bertz CT molecular complexity index is 531. The Labute approximate surface area is 117 Å². The van der Waals surface area contributed by atoms with Crippen LogP contribution < -0.4 is 4.90 Å². The summed E-state index contributed by atoms with van der Waals surface area (Å²) in [5.41, 5.74) is 1.45. The Balaban J connectivity index is 2.03. The van der Waals surface area contributed by atoms with E-state index in [1.165, 1.54) is 4.90 Å². The molecule has 19 heavy (non-hydrogen) atoms. The fourth-order valence-corrected chi connectivity index (χ4v) is 3.41. The molecule has 0 N–H and O–H groups in total. The number of nitrogens with zero attached hydrogens (tertiary/aromatic N) is 1. The number of fused-ring (bicyclic) bond motifs is 1. The van der Waals surface area contributed by atoms with Gasteiger partial charge in [-0.25, -0.2) is 4.90 Å². The number of halogens is 1. The number of rotatable bonds is 1. The van der Waals surface area contributed by atoms with Crippen molar-refractivity contribution < 1.29 is 9.59 Å². The van der Waals surface area contributed by atoms with Crippen LogP contribution in [0.4, 0.5) is 5.69 Å². The zero-order chi connectivity index (χ0) is 13.6. The highest BCUT2D eigenvalue weighted by Gasteiger charge is 2.49. The van der Waals surface area contributed by atoms with Crippen LogP contribution in [0.3, 0.4) is 0 Å². The number of anilines is 1. The predicted molar refractivity (Wildman–Crippen MR) is 74.1 cm³/mol. The fraction of sp³-hybridized carbons (Fsp3) is 0.467. The first-order chi connectivity index (χ1) is 9.11. The van der Waals surface area contributed by atoms with Crippen LogP contribution in [0.1, 0.15) is 31.2 Å². The molecule has 2 aliphatic rings.